The minimum absolute atomic E-state index is 0.127. The topological polar surface area (TPSA) is 86.2 Å². The maximum atomic E-state index is 12.2. The second-order valence-corrected chi connectivity index (χ2v) is 5.35. The van der Waals surface area contributed by atoms with Crippen LogP contribution in [-0.4, -0.2) is 20.2 Å². The van der Waals surface area contributed by atoms with E-state index in [2.05, 4.69) is 9.97 Å². The number of thioether (sulfide) groups is 1. The van der Waals surface area contributed by atoms with Crippen LogP contribution in [0.25, 0.3) is 0 Å². The van der Waals surface area contributed by atoms with Gasteiger partial charge in [-0.05, 0) is 12.8 Å². The highest BCUT2D eigenvalue weighted by atomic mass is 32.2. The predicted octanol–water partition coefficient (Wildman–Crippen LogP) is 3.12. The van der Waals surface area contributed by atoms with E-state index in [1.165, 1.54) is 0 Å². The molecule has 0 aliphatic carbocycles. The largest absolute Gasteiger partial charge is 0.437 e. The Balaban J connectivity index is 2.20. The summed E-state index contributed by atoms with van der Waals surface area (Å²) >= 11 is 0.546. The van der Waals surface area contributed by atoms with E-state index in [0.29, 0.717) is 47.8 Å². The van der Waals surface area contributed by atoms with Gasteiger partial charge in [0, 0.05) is 25.6 Å². The summed E-state index contributed by atoms with van der Waals surface area (Å²) in [4.78, 5) is 32.6. The Morgan fingerprint density at radius 2 is 1.29 bits per heavy atom. The summed E-state index contributed by atoms with van der Waals surface area (Å²) in [5.41, 5.74) is 1.12. The van der Waals surface area contributed by atoms with Crippen molar-refractivity contribution < 1.29 is 18.4 Å². The summed E-state index contributed by atoms with van der Waals surface area (Å²) < 4.78 is 10.6. The van der Waals surface area contributed by atoms with E-state index in [9.17, 15) is 9.59 Å². The first-order valence-corrected chi connectivity index (χ1v) is 7.47. The lowest BCUT2D eigenvalue weighted by Gasteiger charge is -1.98. The number of rotatable bonds is 4. The van der Waals surface area contributed by atoms with Crippen LogP contribution in [0.5, 0.6) is 0 Å². The monoisotopic (exact) mass is 308 g/mol. The highest BCUT2D eigenvalue weighted by molar-refractivity contribution is 8.26. The van der Waals surface area contributed by atoms with Gasteiger partial charge in [-0.1, -0.05) is 13.8 Å². The third-order valence-corrected chi connectivity index (χ3v) is 3.58. The molecular weight excluding hydrogens is 292 g/mol. The van der Waals surface area contributed by atoms with Crippen LogP contribution in [0.15, 0.2) is 8.83 Å². The SMILES string of the molecule is CCc1nc(C)oc1C(=O)SC(=O)c1oc(C)nc1CC. The molecule has 0 radical (unpaired) electrons. The molecule has 0 unspecified atom stereocenters. The van der Waals surface area contributed by atoms with Crippen LogP contribution in [0.2, 0.25) is 0 Å². The second kappa shape index (κ2) is 6.26. The Labute approximate surface area is 126 Å². The fourth-order valence-corrected chi connectivity index (χ4v) is 2.59. The molecule has 0 aliphatic rings. The lowest BCUT2D eigenvalue weighted by molar-refractivity contribution is 0.103. The molecule has 6 nitrogen and oxygen atoms in total. The van der Waals surface area contributed by atoms with Gasteiger partial charge in [-0.2, -0.15) is 0 Å². The van der Waals surface area contributed by atoms with Gasteiger partial charge in [0.15, 0.2) is 11.8 Å². The van der Waals surface area contributed by atoms with Crippen LogP contribution in [0.3, 0.4) is 0 Å². The molecule has 2 aromatic rings. The molecule has 0 N–H and O–H groups in total. The molecule has 0 fully saturated rings. The number of aryl methyl sites for hydroxylation is 4. The Hall–Kier alpha value is -1.89. The average Bonchev–Trinajstić information content (AvgIpc) is 3.01. The van der Waals surface area contributed by atoms with Gasteiger partial charge in [-0.25, -0.2) is 9.97 Å². The molecular formula is C14H16N2O4S. The minimum atomic E-state index is -0.464. The Morgan fingerprint density at radius 1 is 0.905 bits per heavy atom. The van der Waals surface area contributed by atoms with Crippen LogP contribution < -0.4 is 0 Å². The summed E-state index contributed by atoms with van der Waals surface area (Å²) in [5.74, 6) is 1.08. The quantitative estimate of drug-likeness (QED) is 0.857. The Bertz CT molecular complexity index is 629. The van der Waals surface area contributed by atoms with E-state index in [-0.39, 0.29) is 11.5 Å². The molecule has 2 rings (SSSR count). The van der Waals surface area contributed by atoms with E-state index >= 15 is 0 Å². The van der Waals surface area contributed by atoms with Gasteiger partial charge in [0.05, 0.1) is 11.4 Å². The highest BCUT2D eigenvalue weighted by Crippen LogP contribution is 2.24. The summed E-state index contributed by atoms with van der Waals surface area (Å²) in [7, 11) is 0. The normalized spacial score (nSPS) is 10.9. The first kappa shape index (κ1) is 15.5. The van der Waals surface area contributed by atoms with Gasteiger partial charge < -0.3 is 8.83 Å². The van der Waals surface area contributed by atoms with Gasteiger partial charge in [-0.15, -0.1) is 0 Å². The van der Waals surface area contributed by atoms with Crippen molar-refractivity contribution in [3.8, 4) is 0 Å². The molecule has 7 heteroatoms. The van der Waals surface area contributed by atoms with Crippen molar-refractivity contribution in [1.82, 2.24) is 9.97 Å². The van der Waals surface area contributed by atoms with Gasteiger partial charge >= 0.3 is 0 Å². The smallest absolute Gasteiger partial charge is 0.264 e. The van der Waals surface area contributed by atoms with Crippen molar-refractivity contribution in [2.24, 2.45) is 0 Å². The van der Waals surface area contributed by atoms with Crippen molar-refractivity contribution in [1.29, 1.82) is 0 Å². The zero-order valence-electron chi connectivity index (χ0n) is 12.3. The molecule has 112 valence electrons. The standard InChI is InChI=1S/C14H16N2O4S/c1-5-9-11(19-7(3)15-9)13(17)21-14(18)12-10(6-2)16-8(4)20-12/h5-6H2,1-4H3. The summed E-state index contributed by atoms with van der Waals surface area (Å²) in [6, 6.07) is 0. The molecule has 0 aliphatic heterocycles. The number of nitrogens with zero attached hydrogens (tertiary/aromatic N) is 2. The zero-order chi connectivity index (χ0) is 15.6. The number of carbonyl (C=O) groups excluding carboxylic acids is 2. The fourth-order valence-electron chi connectivity index (χ4n) is 1.92. The van der Waals surface area contributed by atoms with E-state index in [0.717, 1.165) is 0 Å². The van der Waals surface area contributed by atoms with E-state index in [4.69, 9.17) is 8.83 Å². The van der Waals surface area contributed by atoms with Gasteiger partial charge in [0.2, 0.25) is 11.5 Å². The first-order chi connectivity index (χ1) is 9.96. The molecule has 0 atom stereocenters. The lowest BCUT2D eigenvalue weighted by Crippen LogP contribution is -2.04. The Kier molecular flexibility index (Phi) is 4.62. The predicted molar refractivity (Wildman–Crippen MR) is 77.5 cm³/mol. The lowest BCUT2D eigenvalue weighted by atomic mass is 10.3. The maximum absolute atomic E-state index is 12.2. The van der Waals surface area contributed by atoms with Crippen molar-refractivity contribution in [2.45, 2.75) is 40.5 Å². The van der Waals surface area contributed by atoms with Crippen molar-refractivity contribution in [2.75, 3.05) is 0 Å². The van der Waals surface area contributed by atoms with E-state index < -0.39 is 10.2 Å². The van der Waals surface area contributed by atoms with Crippen molar-refractivity contribution in [3.63, 3.8) is 0 Å². The molecule has 0 saturated heterocycles. The molecule has 0 bridgehead atoms. The zero-order valence-corrected chi connectivity index (χ0v) is 13.2. The number of carbonyl (C=O) groups is 2. The molecule has 0 amide bonds. The summed E-state index contributed by atoms with van der Waals surface area (Å²) in [6.45, 7) is 7.07. The van der Waals surface area contributed by atoms with Crippen LogP contribution in [0.4, 0.5) is 0 Å². The van der Waals surface area contributed by atoms with Crippen molar-refractivity contribution in [3.05, 3.63) is 34.7 Å². The number of aromatic nitrogens is 2. The first-order valence-electron chi connectivity index (χ1n) is 6.65. The summed E-state index contributed by atoms with van der Waals surface area (Å²) in [5, 5.41) is -0.929. The van der Waals surface area contributed by atoms with Crippen LogP contribution in [0.1, 0.15) is 58.1 Å². The van der Waals surface area contributed by atoms with Crippen LogP contribution >= 0.6 is 11.8 Å². The molecule has 2 aromatic heterocycles. The fraction of sp³-hybridized carbons (Fsp3) is 0.429. The number of oxazole rings is 2. The second-order valence-electron chi connectivity index (χ2n) is 4.40. The Morgan fingerprint density at radius 3 is 1.62 bits per heavy atom. The third-order valence-electron chi connectivity index (χ3n) is 2.83. The van der Waals surface area contributed by atoms with Gasteiger partial charge in [0.25, 0.3) is 10.2 Å². The summed E-state index contributed by atoms with van der Waals surface area (Å²) in [6.07, 6.45) is 1.13. The highest BCUT2D eigenvalue weighted by Gasteiger charge is 2.26. The number of hydrogen-bond acceptors (Lipinski definition) is 7. The average molecular weight is 308 g/mol. The van der Waals surface area contributed by atoms with E-state index in [1.54, 1.807) is 13.8 Å². The van der Waals surface area contributed by atoms with Crippen LogP contribution in [0, 0.1) is 13.8 Å². The van der Waals surface area contributed by atoms with Gasteiger partial charge in [0.1, 0.15) is 0 Å². The van der Waals surface area contributed by atoms with E-state index in [1.807, 2.05) is 13.8 Å². The van der Waals surface area contributed by atoms with Crippen LogP contribution in [-0.2, 0) is 12.8 Å². The maximum Gasteiger partial charge on any atom is 0.264 e. The molecule has 0 spiro atoms. The van der Waals surface area contributed by atoms with Crippen molar-refractivity contribution >= 4 is 22.0 Å². The number of hydrogen-bond donors (Lipinski definition) is 0. The molecule has 21 heavy (non-hydrogen) atoms. The molecule has 0 saturated carbocycles. The third kappa shape index (κ3) is 3.24. The van der Waals surface area contributed by atoms with Gasteiger partial charge in [-0.3, -0.25) is 9.59 Å². The minimum Gasteiger partial charge on any atom is -0.437 e. The molecule has 0 aromatic carbocycles. The molecule has 2 heterocycles.